The van der Waals surface area contributed by atoms with E-state index < -0.39 is 23.2 Å². The molecule has 0 saturated carbocycles. The third kappa shape index (κ3) is 3.25. The number of phenols is 1. The second-order valence-corrected chi connectivity index (χ2v) is 9.10. The first-order chi connectivity index (χ1) is 15.3. The molecule has 1 aliphatic rings. The second-order valence-electron chi connectivity index (χ2n) is 8.06. The molecule has 0 radical (unpaired) electrons. The van der Waals surface area contributed by atoms with Crippen molar-refractivity contribution in [3.05, 3.63) is 80.4 Å². The lowest BCUT2D eigenvalue weighted by atomic mass is 9.98. The minimum Gasteiger partial charge on any atom is -0.508 e. The maximum absolute atomic E-state index is 13.9. The number of carbonyl (C=O) groups is 1. The van der Waals surface area contributed by atoms with Gasteiger partial charge in [0, 0.05) is 6.42 Å². The molecule has 162 valence electrons. The van der Waals surface area contributed by atoms with Gasteiger partial charge in [0.15, 0.2) is 5.43 Å². The Hall–Kier alpha value is -3.59. The summed E-state index contributed by atoms with van der Waals surface area (Å²) in [5, 5.41) is 19.6. The van der Waals surface area contributed by atoms with Gasteiger partial charge < -0.3 is 9.52 Å². The Morgan fingerprint density at radius 1 is 1.19 bits per heavy atom. The molecule has 2 aromatic carbocycles. The Kier molecular flexibility index (Phi) is 4.78. The normalized spacial score (nSPS) is 15.7. The highest BCUT2D eigenvalue weighted by atomic mass is 32.1. The van der Waals surface area contributed by atoms with E-state index in [2.05, 4.69) is 24.0 Å². The van der Waals surface area contributed by atoms with Crippen molar-refractivity contribution < 1.29 is 18.7 Å². The summed E-state index contributed by atoms with van der Waals surface area (Å²) in [6, 6.07) is 9.00. The van der Waals surface area contributed by atoms with Gasteiger partial charge in [0.25, 0.3) is 5.91 Å². The molecular weight excluding hydrogens is 433 g/mol. The van der Waals surface area contributed by atoms with Crippen LogP contribution in [0, 0.1) is 11.7 Å². The van der Waals surface area contributed by atoms with E-state index in [4.69, 9.17) is 4.42 Å². The zero-order chi connectivity index (χ0) is 22.6. The number of nitrogens with zero attached hydrogens (tertiary/aromatic N) is 3. The van der Waals surface area contributed by atoms with Gasteiger partial charge in [-0.1, -0.05) is 37.3 Å². The fourth-order valence-corrected chi connectivity index (χ4v) is 5.00. The molecule has 1 amide bonds. The number of halogens is 1. The van der Waals surface area contributed by atoms with E-state index in [9.17, 15) is 19.1 Å². The fourth-order valence-electron chi connectivity index (χ4n) is 3.93. The van der Waals surface area contributed by atoms with Crippen LogP contribution in [0.25, 0.3) is 11.0 Å². The summed E-state index contributed by atoms with van der Waals surface area (Å²) < 4.78 is 19.7. The summed E-state index contributed by atoms with van der Waals surface area (Å²) in [6.07, 6.45) is 0.698. The number of hydrogen-bond acceptors (Lipinski definition) is 7. The number of phenolic OH excluding ortho intramolecular Hbond substituents is 1. The van der Waals surface area contributed by atoms with E-state index in [0.717, 1.165) is 11.1 Å². The van der Waals surface area contributed by atoms with Gasteiger partial charge in [0.2, 0.25) is 10.9 Å². The number of anilines is 1. The first kappa shape index (κ1) is 20.3. The Bertz CT molecular complexity index is 1430. The van der Waals surface area contributed by atoms with Crippen molar-refractivity contribution in [2.45, 2.75) is 26.3 Å². The topological polar surface area (TPSA) is 96.5 Å². The Morgan fingerprint density at radius 2 is 2.00 bits per heavy atom. The fraction of sp³-hybridized carbons (Fsp3) is 0.217. The van der Waals surface area contributed by atoms with Gasteiger partial charge in [-0.05, 0) is 41.8 Å². The number of carbonyl (C=O) groups excluding carboxylic acids is 1. The zero-order valence-corrected chi connectivity index (χ0v) is 18.0. The standard InChI is InChI=1S/C23H18FN3O4S/c1-11(2)8-17-25-26-23(32-17)27-19(12-4-3-5-14(28)9-12)18-20(29)15-10-13(24)6-7-16(15)31-21(18)22(27)30/h3-7,9-11,19,28H,8H2,1-2H3. The van der Waals surface area contributed by atoms with E-state index in [1.807, 2.05) is 0 Å². The maximum atomic E-state index is 13.9. The minimum atomic E-state index is -0.895. The number of amides is 1. The maximum Gasteiger partial charge on any atom is 0.297 e. The third-order valence-electron chi connectivity index (χ3n) is 5.26. The zero-order valence-electron chi connectivity index (χ0n) is 17.2. The largest absolute Gasteiger partial charge is 0.508 e. The SMILES string of the molecule is CC(C)Cc1nnc(N2C(=O)c3oc4ccc(F)cc4c(=O)c3C2c2cccc(O)c2)s1. The molecule has 1 unspecified atom stereocenters. The van der Waals surface area contributed by atoms with Crippen LogP contribution in [-0.2, 0) is 6.42 Å². The predicted molar refractivity (Wildman–Crippen MR) is 118 cm³/mol. The Morgan fingerprint density at radius 3 is 2.75 bits per heavy atom. The smallest absolute Gasteiger partial charge is 0.297 e. The average Bonchev–Trinajstić information content (AvgIpc) is 3.30. The van der Waals surface area contributed by atoms with Crippen LogP contribution < -0.4 is 10.3 Å². The van der Waals surface area contributed by atoms with Gasteiger partial charge >= 0.3 is 0 Å². The molecule has 3 heterocycles. The number of aromatic nitrogens is 2. The van der Waals surface area contributed by atoms with Gasteiger partial charge in [0.1, 0.15) is 22.2 Å². The highest BCUT2D eigenvalue weighted by Crippen LogP contribution is 2.42. The van der Waals surface area contributed by atoms with Gasteiger partial charge in [-0.3, -0.25) is 14.5 Å². The van der Waals surface area contributed by atoms with Crippen LogP contribution in [-0.4, -0.2) is 21.2 Å². The van der Waals surface area contributed by atoms with Gasteiger partial charge in [-0.2, -0.15) is 0 Å². The lowest BCUT2D eigenvalue weighted by Gasteiger charge is -2.22. The number of rotatable bonds is 4. The molecule has 7 nitrogen and oxygen atoms in total. The monoisotopic (exact) mass is 451 g/mol. The van der Waals surface area contributed by atoms with Gasteiger partial charge in [0.05, 0.1) is 17.0 Å². The van der Waals surface area contributed by atoms with Crippen molar-refractivity contribution in [1.82, 2.24) is 10.2 Å². The van der Waals surface area contributed by atoms with E-state index in [0.29, 0.717) is 23.0 Å². The molecule has 32 heavy (non-hydrogen) atoms. The summed E-state index contributed by atoms with van der Waals surface area (Å²) in [4.78, 5) is 28.2. The molecule has 5 rings (SSSR count). The number of hydrogen-bond donors (Lipinski definition) is 1. The highest BCUT2D eigenvalue weighted by Gasteiger charge is 2.45. The number of benzene rings is 2. The van der Waals surface area contributed by atoms with Crippen LogP contribution in [0.15, 0.2) is 51.7 Å². The summed E-state index contributed by atoms with van der Waals surface area (Å²) in [5.41, 5.74) is 0.203. The van der Waals surface area contributed by atoms with Crippen molar-refractivity contribution in [3.8, 4) is 5.75 Å². The molecule has 0 fully saturated rings. The molecule has 9 heteroatoms. The first-order valence-corrected chi connectivity index (χ1v) is 10.9. The van der Waals surface area contributed by atoms with Crippen molar-refractivity contribution in [2.75, 3.05) is 4.90 Å². The van der Waals surface area contributed by atoms with E-state index in [1.165, 1.54) is 40.5 Å². The number of aromatic hydroxyl groups is 1. The molecule has 2 aromatic heterocycles. The van der Waals surface area contributed by atoms with Crippen LogP contribution in [0.5, 0.6) is 5.75 Å². The summed E-state index contributed by atoms with van der Waals surface area (Å²) in [5.74, 6) is -0.904. The first-order valence-electron chi connectivity index (χ1n) is 10.0. The van der Waals surface area contributed by atoms with Gasteiger partial charge in [-0.25, -0.2) is 4.39 Å². The van der Waals surface area contributed by atoms with Crippen LogP contribution in [0.2, 0.25) is 0 Å². The van der Waals surface area contributed by atoms with Crippen molar-refractivity contribution in [3.63, 3.8) is 0 Å². The van der Waals surface area contributed by atoms with Crippen LogP contribution in [0.3, 0.4) is 0 Å². The summed E-state index contributed by atoms with van der Waals surface area (Å²) in [6.45, 7) is 4.11. The van der Waals surface area contributed by atoms with Crippen LogP contribution >= 0.6 is 11.3 Å². The Balaban J connectivity index is 1.75. The minimum absolute atomic E-state index is 0.0164. The van der Waals surface area contributed by atoms with E-state index in [-0.39, 0.29) is 28.0 Å². The lowest BCUT2D eigenvalue weighted by molar-refractivity contribution is 0.0970. The van der Waals surface area contributed by atoms with E-state index >= 15 is 0 Å². The molecule has 1 N–H and O–H groups in total. The summed E-state index contributed by atoms with van der Waals surface area (Å²) >= 11 is 1.26. The molecule has 0 saturated heterocycles. The molecular formula is C23H18FN3O4S. The molecule has 4 aromatic rings. The average molecular weight is 451 g/mol. The second kappa shape index (κ2) is 7.52. The molecule has 1 aliphatic heterocycles. The van der Waals surface area contributed by atoms with Crippen molar-refractivity contribution >= 4 is 33.3 Å². The third-order valence-corrected chi connectivity index (χ3v) is 6.21. The molecule has 0 spiro atoms. The molecule has 0 bridgehead atoms. The quantitative estimate of drug-likeness (QED) is 0.493. The molecule has 0 aliphatic carbocycles. The lowest BCUT2D eigenvalue weighted by Crippen LogP contribution is -2.29. The predicted octanol–water partition coefficient (Wildman–Crippen LogP) is 4.44. The highest BCUT2D eigenvalue weighted by molar-refractivity contribution is 7.15. The van der Waals surface area contributed by atoms with E-state index in [1.54, 1.807) is 12.1 Å². The van der Waals surface area contributed by atoms with Crippen molar-refractivity contribution in [1.29, 1.82) is 0 Å². The van der Waals surface area contributed by atoms with Gasteiger partial charge in [-0.15, -0.1) is 10.2 Å². The molecule has 1 atom stereocenters. The van der Waals surface area contributed by atoms with Crippen molar-refractivity contribution in [2.24, 2.45) is 5.92 Å². The number of fused-ring (bicyclic) bond motifs is 2. The van der Waals surface area contributed by atoms with Crippen LogP contribution in [0.1, 0.15) is 46.6 Å². The summed E-state index contributed by atoms with van der Waals surface area (Å²) in [7, 11) is 0. The van der Waals surface area contributed by atoms with Crippen LogP contribution in [0.4, 0.5) is 9.52 Å². The Labute approximate surface area is 185 Å².